The third-order valence-corrected chi connectivity index (χ3v) is 12.5. The van der Waals surface area contributed by atoms with E-state index in [2.05, 4.69) is 92.0 Å². The van der Waals surface area contributed by atoms with Crippen LogP contribution in [0.4, 0.5) is 0 Å². The van der Waals surface area contributed by atoms with Gasteiger partial charge in [0.15, 0.2) is 8.46 Å². The number of hydrogen-bond donors (Lipinski definition) is 0. The molecule has 1 aliphatic rings. The minimum absolute atomic E-state index is 0. The summed E-state index contributed by atoms with van der Waals surface area (Å²) in [7, 11) is -0.138. The van der Waals surface area contributed by atoms with Gasteiger partial charge in [-0.2, -0.15) is 0 Å². The van der Waals surface area contributed by atoms with E-state index in [4.69, 9.17) is 23.5 Å². The fraction of sp³-hybridized carbons (Fsp3) is 0.776. The molecule has 79 heavy (non-hydrogen) atoms. The first-order chi connectivity index (χ1) is 36.8. The molecule has 0 amide bonds. The number of esters is 3. The molecule has 0 bridgehead atoms. The second-order valence-electron chi connectivity index (χ2n) is 20.8. The Balaban J connectivity index is -0.000000232. The van der Waals surface area contributed by atoms with E-state index in [-0.39, 0.29) is 57.3 Å². The van der Waals surface area contributed by atoms with E-state index < -0.39 is 0 Å². The predicted molar refractivity (Wildman–Crippen MR) is 342 cm³/mol. The third-order valence-electron chi connectivity index (χ3n) is 12.2. The van der Waals surface area contributed by atoms with Crippen molar-refractivity contribution in [3.8, 4) is 5.75 Å². The average molecular weight is 1150 g/mol. The molecular weight excluding hydrogens is 1030 g/mol. The molecule has 2 unspecified atom stereocenters. The molecule has 2 atom stereocenters. The topological polar surface area (TPSA) is 135 Å². The Bertz CT molecular complexity index is 1560. The van der Waals surface area contributed by atoms with Crippen molar-refractivity contribution in [1.82, 2.24) is 0 Å². The van der Waals surface area contributed by atoms with E-state index in [0.717, 1.165) is 89.4 Å². The summed E-state index contributed by atoms with van der Waals surface area (Å²) in [6.07, 6.45) is 37.1. The van der Waals surface area contributed by atoms with E-state index in [1.165, 1.54) is 119 Å². The monoisotopic (exact) mass is 1150 g/mol. The number of aryl methyl sites for hydroxylation is 3. The van der Waals surface area contributed by atoms with Crippen molar-refractivity contribution in [3.63, 3.8) is 0 Å². The van der Waals surface area contributed by atoms with Crippen LogP contribution >= 0.6 is 17.1 Å². The summed E-state index contributed by atoms with van der Waals surface area (Å²) in [5.41, 5.74) is 4.11. The smallest absolute Gasteiger partial charge is 0.395 e. The van der Waals surface area contributed by atoms with Gasteiger partial charge in [-0.15, -0.1) is 0 Å². The Morgan fingerprint density at radius 1 is 0.468 bits per heavy atom. The predicted octanol–water partition coefficient (Wildman–Crippen LogP) is 22.3. The molecule has 0 aromatic heterocycles. The van der Waals surface area contributed by atoms with E-state index in [1.54, 1.807) is 18.8 Å². The molecule has 3 rings (SSSR count). The molecule has 1 aliphatic heterocycles. The highest BCUT2D eigenvalue weighted by Crippen LogP contribution is 2.32. The Kier molecular flexibility index (Phi) is 76.1. The number of rotatable bonds is 39. The number of carbonyl (C=O) groups is 3. The van der Waals surface area contributed by atoms with Gasteiger partial charge in [0.2, 0.25) is 0 Å². The van der Waals surface area contributed by atoms with Crippen LogP contribution in [0, 0.1) is 26.7 Å². The SMILES string of the molecule is C.C.C.CC(C)C.CCCCCCCCOC(=O)CCCCCCCC1OC1CCCCCCCC.CCCCOC(=O)CCCCCCCCC(=O)OCCCC.CP=O.Cc1ccc(C)c(C)c1.O=POc1ccccc1. The molecule has 1 saturated heterocycles. The van der Waals surface area contributed by atoms with Crippen molar-refractivity contribution < 1.29 is 47.0 Å². The van der Waals surface area contributed by atoms with Gasteiger partial charge in [0.1, 0.15) is 5.75 Å². The van der Waals surface area contributed by atoms with E-state index in [1.807, 2.05) is 18.2 Å². The lowest BCUT2D eigenvalue weighted by atomic mass is 10.0. The Morgan fingerprint density at radius 2 is 0.797 bits per heavy atom. The van der Waals surface area contributed by atoms with Crippen LogP contribution in [0.2, 0.25) is 0 Å². The molecule has 0 saturated carbocycles. The third kappa shape index (κ3) is 70.9. The van der Waals surface area contributed by atoms with Crippen molar-refractivity contribution in [3.05, 3.63) is 65.2 Å². The van der Waals surface area contributed by atoms with Gasteiger partial charge >= 0.3 is 26.6 Å². The number of carbonyl (C=O) groups excluding carboxylic acids is 3. The van der Waals surface area contributed by atoms with Crippen LogP contribution in [0.25, 0.3) is 0 Å². The summed E-state index contributed by atoms with van der Waals surface area (Å²) in [5.74, 6) is 1.32. The van der Waals surface area contributed by atoms with Gasteiger partial charge in [0, 0.05) is 25.9 Å². The van der Waals surface area contributed by atoms with Crippen molar-refractivity contribution in [2.24, 2.45) is 5.92 Å². The summed E-state index contributed by atoms with van der Waals surface area (Å²) in [6, 6.07) is 15.5. The lowest BCUT2D eigenvalue weighted by molar-refractivity contribution is -0.144. The standard InChI is InChI=1S/C26H50O3.C18H34O4.C9H12.C6H5O2P.C4H10.CH3OP.3CH4/c1-3-5-7-9-12-16-20-24-25(29-24)21-17-13-11-14-18-22-26(27)28-23-19-15-10-8-6-4-2;1-3-5-15-21-17(19)13-11-9-7-8-10-12-14-18(20)22-16-6-4-2;1-7-4-5-8(2)9(3)6-7;7-9-8-6-4-2-1-3-5-6;1-4(2)3;1-3-2;;;/h24-25H,3-23H2,1-2H3;3-16H2,1-2H3;4-6H,1-3H3;1-5H;4H,1-3H3;1H3;3*1H4. The Hall–Kier alpha value is -3.19. The lowest BCUT2D eigenvalue weighted by Gasteiger charge is -2.05. The van der Waals surface area contributed by atoms with Gasteiger partial charge in [0.25, 0.3) is 0 Å². The van der Waals surface area contributed by atoms with Gasteiger partial charge in [0.05, 0.1) is 32.0 Å². The molecule has 1 heterocycles. The molecule has 10 nitrogen and oxygen atoms in total. The van der Waals surface area contributed by atoms with Crippen molar-refractivity contribution in [1.29, 1.82) is 0 Å². The number of epoxide rings is 1. The normalized spacial score (nSPS) is 12.5. The minimum Gasteiger partial charge on any atom is -0.466 e. The van der Waals surface area contributed by atoms with Crippen molar-refractivity contribution in [2.75, 3.05) is 26.5 Å². The van der Waals surface area contributed by atoms with Crippen LogP contribution in [0.1, 0.15) is 293 Å². The van der Waals surface area contributed by atoms with Crippen LogP contribution in [0.3, 0.4) is 0 Å². The first kappa shape index (κ1) is 87.1. The molecule has 464 valence electrons. The molecule has 0 aliphatic carbocycles. The largest absolute Gasteiger partial charge is 0.466 e. The van der Waals surface area contributed by atoms with Gasteiger partial charge in [-0.1, -0.05) is 248 Å². The zero-order valence-corrected chi connectivity index (χ0v) is 52.4. The van der Waals surface area contributed by atoms with Gasteiger partial charge < -0.3 is 23.5 Å². The fourth-order valence-corrected chi connectivity index (χ4v) is 7.77. The molecule has 1 fully saturated rings. The quantitative estimate of drug-likeness (QED) is 0.0209. The molecule has 0 N–H and O–H groups in total. The maximum absolute atomic E-state index is 11.7. The fourth-order valence-electron chi connectivity index (χ4n) is 7.57. The highest BCUT2D eigenvalue weighted by atomic mass is 31.1. The summed E-state index contributed by atoms with van der Waals surface area (Å²) >= 11 is 0. The van der Waals surface area contributed by atoms with Gasteiger partial charge in [-0.05, 0) is 101 Å². The van der Waals surface area contributed by atoms with E-state index in [0.29, 0.717) is 57.0 Å². The number of benzene rings is 2. The molecule has 0 spiro atoms. The zero-order chi connectivity index (χ0) is 57.1. The molecule has 12 heteroatoms. The van der Waals surface area contributed by atoms with Crippen LogP contribution in [0.15, 0.2) is 48.5 Å². The second-order valence-corrected chi connectivity index (χ2v) is 21.5. The molecular formula is C67H126O10P2. The number of ether oxygens (including phenoxy) is 4. The molecule has 0 radical (unpaired) electrons. The first-order valence-electron chi connectivity index (χ1n) is 30.2. The van der Waals surface area contributed by atoms with Crippen LogP contribution in [-0.2, 0) is 42.5 Å². The zero-order valence-electron chi connectivity index (χ0n) is 50.6. The minimum atomic E-state index is -0.305. The summed E-state index contributed by atoms with van der Waals surface area (Å²) < 4.78 is 44.7. The number of hydrogen-bond acceptors (Lipinski definition) is 10. The number of para-hydroxylation sites is 1. The number of unbranched alkanes of at least 4 members (excludes halogenated alkanes) is 21. The van der Waals surface area contributed by atoms with E-state index >= 15 is 0 Å². The highest BCUT2D eigenvalue weighted by Gasteiger charge is 2.36. The van der Waals surface area contributed by atoms with Crippen molar-refractivity contribution in [2.45, 2.75) is 309 Å². The highest BCUT2D eigenvalue weighted by molar-refractivity contribution is 7.22. The van der Waals surface area contributed by atoms with Crippen molar-refractivity contribution >= 4 is 35.1 Å². The maximum Gasteiger partial charge on any atom is 0.395 e. The summed E-state index contributed by atoms with van der Waals surface area (Å²) in [5, 5.41) is 0. The molecule has 2 aromatic rings. The summed E-state index contributed by atoms with van der Waals surface area (Å²) in [6.45, 7) is 24.8. The van der Waals surface area contributed by atoms with Crippen LogP contribution in [-0.4, -0.2) is 56.6 Å². The van der Waals surface area contributed by atoms with E-state index in [9.17, 15) is 18.9 Å². The summed E-state index contributed by atoms with van der Waals surface area (Å²) in [4.78, 5) is 34.4. The maximum atomic E-state index is 11.7. The Morgan fingerprint density at radius 3 is 1.14 bits per heavy atom. The van der Waals surface area contributed by atoms with Crippen LogP contribution < -0.4 is 4.52 Å². The first-order valence-corrected chi connectivity index (χ1v) is 32.2. The lowest BCUT2D eigenvalue weighted by Crippen LogP contribution is -2.05. The van der Waals surface area contributed by atoms with Gasteiger partial charge in [-0.25, -0.2) is 4.57 Å². The van der Waals surface area contributed by atoms with Crippen LogP contribution in [0.5, 0.6) is 5.75 Å². The average Bonchev–Trinajstić information content (AvgIpc) is 4.15. The molecule has 2 aromatic carbocycles. The Labute approximate surface area is 492 Å². The second kappa shape index (κ2) is 69.1. The van der Waals surface area contributed by atoms with Gasteiger partial charge in [-0.3, -0.25) is 18.9 Å².